The molecule has 0 saturated carbocycles. The lowest BCUT2D eigenvalue weighted by Gasteiger charge is -2.11. The summed E-state index contributed by atoms with van der Waals surface area (Å²) in [6.07, 6.45) is 0.810. The normalized spacial score (nSPS) is 10.9. The first kappa shape index (κ1) is 20.4. The molecule has 29 heavy (non-hydrogen) atoms. The molecule has 7 nitrogen and oxygen atoms in total. The number of para-hydroxylation sites is 2. The van der Waals surface area contributed by atoms with Crippen molar-refractivity contribution >= 4 is 22.8 Å². The van der Waals surface area contributed by atoms with Crippen LogP contribution >= 0.6 is 0 Å². The summed E-state index contributed by atoms with van der Waals surface area (Å²) in [5.74, 6) is -0.100. The number of esters is 1. The first-order valence-electron chi connectivity index (χ1n) is 9.47. The van der Waals surface area contributed by atoms with Gasteiger partial charge in [-0.2, -0.15) is 0 Å². The van der Waals surface area contributed by atoms with Crippen LogP contribution in [0.2, 0.25) is 0 Å². The van der Waals surface area contributed by atoms with Crippen LogP contribution in [0.1, 0.15) is 36.2 Å². The van der Waals surface area contributed by atoms with Crippen molar-refractivity contribution in [3.8, 4) is 5.75 Å². The molecule has 0 bridgehead atoms. The van der Waals surface area contributed by atoms with Crippen molar-refractivity contribution in [3.63, 3.8) is 0 Å². The highest BCUT2D eigenvalue weighted by molar-refractivity contribution is 5.94. The second-order valence-corrected chi connectivity index (χ2v) is 6.75. The maximum Gasteiger partial charge on any atom is 0.329 e. The van der Waals surface area contributed by atoms with Crippen molar-refractivity contribution < 1.29 is 19.1 Å². The number of Topliss-reactive ketones (excluding diaryl/α,β-unsaturated/α-hetero) is 1. The number of methoxy groups -OCH3 is 1. The maximum atomic E-state index is 12.8. The smallest absolute Gasteiger partial charge is 0.329 e. The molecule has 1 aromatic heterocycles. The fourth-order valence-electron chi connectivity index (χ4n) is 3.31. The molecule has 152 valence electrons. The number of imidazole rings is 1. The van der Waals surface area contributed by atoms with Crippen LogP contribution in [0.3, 0.4) is 0 Å². The fraction of sp³-hybridized carbons (Fsp3) is 0.318. The van der Waals surface area contributed by atoms with Gasteiger partial charge in [0.15, 0.2) is 5.78 Å². The topological polar surface area (TPSA) is 79.5 Å². The quantitative estimate of drug-likeness (QED) is 0.432. The van der Waals surface area contributed by atoms with E-state index in [-0.39, 0.29) is 24.6 Å². The van der Waals surface area contributed by atoms with E-state index in [1.54, 1.807) is 22.8 Å². The van der Waals surface area contributed by atoms with Crippen molar-refractivity contribution in [1.82, 2.24) is 9.13 Å². The predicted octanol–water partition coefficient (Wildman–Crippen LogP) is 3.17. The van der Waals surface area contributed by atoms with Gasteiger partial charge in [0.05, 0.1) is 18.1 Å². The number of aryl methyl sites for hydroxylation is 1. The lowest BCUT2D eigenvalue weighted by Crippen LogP contribution is -2.27. The van der Waals surface area contributed by atoms with Crippen LogP contribution in [0.15, 0.2) is 47.3 Å². The molecule has 0 aliphatic rings. The van der Waals surface area contributed by atoms with Gasteiger partial charge in [-0.3, -0.25) is 18.7 Å². The van der Waals surface area contributed by atoms with Crippen LogP contribution in [0, 0.1) is 0 Å². The molecule has 7 heteroatoms. The third-order valence-electron chi connectivity index (χ3n) is 4.74. The lowest BCUT2D eigenvalue weighted by molar-refractivity contribution is -0.145. The van der Waals surface area contributed by atoms with Gasteiger partial charge in [-0.25, -0.2) is 4.79 Å². The predicted molar refractivity (Wildman–Crippen MR) is 109 cm³/mol. The van der Waals surface area contributed by atoms with Gasteiger partial charge in [0.2, 0.25) is 0 Å². The summed E-state index contributed by atoms with van der Waals surface area (Å²) in [5.41, 5.74) is 2.35. The lowest BCUT2D eigenvalue weighted by atomic mass is 10.1. The first-order chi connectivity index (χ1) is 14.0. The molecule has 0 atom stereocenters. The average Bonchev–Trinajstić information content (AvgIpc) is 2.98. The Kier molecular flexibility index (Phi) is 6.16. The standard InChI is InChI=1S/C22H24N2O5/c1-4-11-23-18-7-5-6-8-19(18)24(22(23)27)13-21(26)29-14-17-12-16(15(2)25)9-10-20(17)28-3/h5-10,12H,4,11,13-14H2,1-3H3. The Morgan fingerprint density at radius 3 is 2.34 bits per heavy atom. The van der Waals surface area contributed by atoms with Gasteiger partial charge in [-0.1, -0.05) is 19.1 Å². The molecule has 3 aromatic rings. The van der Waals surface area contributed by atoms with Crippen LogP contribution in [-0.4, -0.2) is 28.0 Å². The number of rotatable bonds is 8. The van der Waals surface area contributed by atoms with E-state index >= 15 is 0 Å². The largest absolute Gasteiger partial charge is 0.496 e. The van der Waals surface area contributed by atoms with E-state index in [9.17, 15) is 14.4 Å². The zero-order valence-electron chi connectivity index (χ0n) is 16.8. The molecule has 0 aliphatic carbocycles. The highest BCUT2D eigenvalue weighted by Gasteiger charge is 2.16. The molecular formula is C22H24N2O5. The fourth-order valence-corrected chi connectivity index (χ4v) is 3.31. The van der Waals surface area contributed by atoms with Crippen LogP contribution in [0.4, 0.5) is 0 Å². The Morgan fingerprint density at radius 2 is 1.72 bits per heavy atom. The second kappa shape index (κ2) is 8.77. The van der Waals surface area contributed by atoms with E-state index in [1.165, 1.54) is 18.6 Å². The summed E-state index contributed by atoms with van der Waals surface area (Å²) in [7, 11) is 1.51. The van der Waals surface area contributed by atoms with Gasteiger partial charge < -0.3 is 9.47 Å². The highest BCUT2D eigenvalue weighted by Crippen LogP contribution is 2.21. The van der Waals surface area contributed by atoms with Crippen molar-refractivity contribution in [3.05, 3.63) is 64.1 Å². The number of hydrogen-bond acceptors (Lipinski definition) is 5. The zero-order valence-corrected chi connectivity index (χ0v) is 16.8. The monoisotopic (exact) mass is 396 g/mol. The van der Waals surface area contributed by atoms with Crippen molar-refractivity contribution in [2.24, 2.45) is 0 Å². The Hall–Kier alpha value is -3.35. The van der Waals surface area contributed by atoms with Crippen molar-refractivity contribution in [2.75, 3.05) is 7.11 Å². The minimum atomic E-state index is -0.540. The van der Waals surface area contributed by atoms with Gasteiger partial charge in [-0.05, 0) is 43.7 Å². The van der Waals surface area contributed by atoms with Gasteiger partial charge >= 0.3 is 11.7 Å². The summed E-state index contributed by atoms with van der Waals surface area (Å²) in [6, 6.07) is 12.4. The second-order valence-electron chi connectivity index (χ2n) is 6.75. The minimum Gasteiger partial charge on any atom is -0.496 e. The number of hydrogen-bond donors (Lipinski definition) is 0. The first-order valence-corrected chi connectivity index (χ1v) is 9.47. The average molecular weight is 396 g/mol. The molecule has 0 unspecified atom stereocenters. The van der Waals surface area contributed by atoms with Gasteiger partial charge in [0.25, 0.3) is 0 Å². The molecular weight excluding hydrogens is 372 g/mol. The number of ether oxygens (including phenoxy) is 2. The molecule has 0 aliphatic heterocycles. The molecule has 0 spiro atoms. The SMILES string of the molecule is CCCn1c(=O)n(CC(=O)OCc2cc(C(C)=O)ccc2OC)c2ccccc21. The number of nitrogens with zero attached hydrogens (tertiary/aromatic N) is 2. The summed E-state index contributed by atoms with van der Waals surface area (Å²) >= 11 is 0. The number of carbonyl (C=O) groups is 2. The highest BCUT2D eigenvalue weighted by atomic mass is 16.5. The molecule has 3 rings (SSSR count). The molecule has 0 amide bonds. The Balaban J connectivity index is 1.81. The van der Waals surface area contributed by atoms with Crippen LogP contribution in [0.5, 0.6) is 5.75 Å². The number of aromatic nitrogens is 2. The van der Waals surface area contributed by atoms with E-state index < -0.39 is 5.97 Å². The molecule has 1 heterocycles. The number of benzene rings is 2. The Morgan fingerprint density at radius 1 is 1.03 bits per heavy atom. The third-order valence-corrected chi connectivity index (χ3v) is 4.74. The van der Waals surface area contributed by atoms with Gasteiger partial charge in [0.1, 0.15) is 18.9 Å². The van der Waals surface area contributed by atoms with E-state index in [4.69, 9.17) is 9.47 Å². The molecule has 0 saturated heterocycles. The van der Waals surface area contributed by atoms with E-state index in [1.807, 2.05) is 31.2 Å². The van der Waals surface area contributed by atoms with E-state index in [2.05, 4.69) is 0 Å². The van der Waals surface area contributed by atoms with E-state index in [0.29, 0.717) is 28.9 Å². The summed E-state index contributed by atoms with van der Waals surface area (Å²) in [4.78, 5) is 36.8. The summed E-state index contributed by atoms with van der Waals surface area (Å²) < 4.78 is 13.8. The maximum absolute atomic E-state index is 12.8. The molecule has 2 aromatic carbocycles. The van der Waals surface area contributed by atoms with Crippen molar-refractivity contribution in [2.45, 2.75) is 40.0 Å². The summed E-state index contributed by atoms with van der Waals surface area (Å²) in [6.45, 7) is 3.80. The number of ketones is 1. The van der Waals surface area contributed by atoms with Crippen LogP contribution < -0.4 is 10.4 Å². The number of fused-ring (bicyclic) bond motifs is 1. The Bertz CT molecular complexity index is 1110. The van der Waals surface area contributed by atoms with E-state index in [0.717, 1.165) is 11.9 Å². The Labute approximate surface area is 168 Å². The number of carbonyl (C=O) groups excluding carboxylic acids is 2. The molecule has 0 N–H and O–H groups in total. The van der Waals surface area contributed by atoms with Gasteiger partial charge in [0, 0.05) is 17.7 Å². The van der Waals surface area contributed by atoms with Crippen molar-refractivity contribution in [1.29, 1.82) is 0 Å². The summed E-state index contributed by atoms with van der Waals surface area (Å²) in [5, 5.41) is 0. The van der Waals surface area contributed by atoms with Gasteiger partial charge in [-0.15, -0.1) is 0 Å². The van der Waals surface area contributed by atoms with Crippen LogP contribution in [-0.2, 0) is 29.2 Å². The third kappa shape index (κ3) is 4.23. The minimum absolute atomic E-state index is 0.0501. The molecule has 0 radical (unpaired) electrons. The zero-order chi connectivity index (χ0) is 21.0. The van der Waals surface area contributed by atoms with Crippen LogP contribution in [0.25, 0.3) is 11.0 Å². The molecule has 0 fully saturated rings.